The van der Waals surface area contributed by atoms with Gasteiger partial charge in [-0.1, -0.05) is 23.3 Å². The molecule has 0 radical (unpaired) electrons. The lowest BCUT2D eigenvalue weighted by Crippen LogP contribution is -2.08. The Hall–Kier alpha value is -1.12. The van der Waals surface area contributed by atoms with Crippen molar-refractivity contribution in [3.8, 4) is 0 Å². The predicted octanol–water partition coefficient (Wildman–Crippen LogP) is 3.83. The molecule has 1 aromatic carbocycles. The molecule has 0 N–H and O–H groups in total. The third-order valence-corrected chi connectivity index (χ3v) is 2.49. The minimum absolute atomic E-state index is 0.421. The molecule has 3 nitrogen and oxygen atoms in total. The zero-order chi connectivity index (χ0) is 9.73. The van der Waals surface area contributed by atoms with Crippen molar-refractivity contribution in [3.63, 3.8) is 0 Å². The Balaban J connectivity index is 2.74. The number of hydrogen-bond acceptors (Lipinski definition) is 2. The van der Waals surface area contributed by atoms with Crippen LogP contribution in [0.4, 0.5) is 0 Å². The minimum Gasteiger partial charge on any atom is -0.114 e. The molecule has 0 fully saturated rings. The Kier molecular flexibility index (Phi) is 3.23. The lowest BCUT2D eigenvalue weighted by molar-refractivity contribution is 0.750. The summed E-state index contributed by atoms with van der Waals surface area (Å²) in [5, 5.41) is 3.70. The molecular formula is C9H11N3S. The van der Waals surface area contributed by atoms with E-state index < -0.39 is 4.87 Å². The van der Waals surface area contributed by atoms with Crippen molar-refractivity contribution >= 4 is 11.8 Å². The quantitative estimate of drug-likeness (QED) is 0.311. The average molecular weight is 193 g/mol. The van der Waals surface area contributed by atoms with Crippen molar-refractivity contribution < 1.29 is 0 Å². The average Bonchev–Trinajstić information content (AvgIpc) is 2.04. The van der Waals surface area contributed by atoms with E-state index in [4.69, 9.17) is 5.53 Å². The van der Waals surface area contributed by atoms with E-state index in [9.17, 15) is 0 Å². The second-order valence-electron chi connectivity index (χ2n) is 3.05. The Morgan fingerprint density at radius 1 is 1.31 bits per heavy atom. The van der Waals surface area contributed by atoms with E-state index in [0.29, 0.717) is 0 Å². The van der Waals surface area contributed by atoms with Gasteiger partial charge in [0.1, 0.15) is 0 Å². The second-order valence-corrected chi connectivity index (χ2v) is 4.73. The standard InChI is InChI=1S/C9H11N3S/c1-9(2,11-12-10)13-8-6-4-3-5-7-8/h3-7H,1-2H3. The van der Waals surface area contributed by atoms with E-state index in [-0.39, 0.29) is 0 Å². The molecule has 0 aromatic heterocycles. The van der Waals surface area contributed by atoms with E-state index in [1.807, 2.05) is 44.2 Å². The normalized spacial score (nSPS) is 10.6. The highest BCUT2D eigenvalue weighted by Gasteiger charge is 2.16. The number of nitrogens with zero attached hydrogens (tertiary/aromatic N) is 3. The molecule has 0 heterocycles. The largest absolute Gasteiger partial charge is 0.114 e. The zero-order valence-electron chi connectivity index (χ0n) is 7.64. The third-order valence-electron chi connectivity index (χ3n) is 1.40. The fraction of sp³-hybridized carbons (Fsp3) is 0.333. The predicted molar refractivity (Wildman–Crippen MR) is 55.5 cm³/mol. The Morgan fingerprint density at radius 2 is 1.92 bits per heavy atom. The molecule has 0 aliphatic heterocycles. The Bertz CT molecular complexity index is 315. The molecule has 0 aliphatic rings. The summed E-state index contributed by atoms with van der Waals surface area (Å²) in [6, 6.07) is 9.90. The van der Waals surface area contributed by atoms with Gasteiger partial charge in [0.05, 0.1) is 4.87 Å². The van der Waals surface area contributed by atoms with Crippen molar-refractivity contribution in [1.29, 1.82) is 0 Å². The third kappa shape index (κ3) is 3.40. The lowest BCUT2D eigenvalue weighted by Gasteiger charge is -2.16. The van der Waals surface area contributed by atoms with Crippen LogP contribution in [0.25, 0.3) is 10.4 Å². The molecule has 68 valence electrons. The molecule has 0 atom stereocenters. The highest BCUT2D eigenvalue weighted by Crippen LogP contribution is 2.33. The summed E-state index contributed by atoms with van der Waals surface area (Å²) < 4.78 is 0. The van der Waals surface area contributed by atoms with Crippen LogP contribution in [-0.2, 0) is 0 Å². The summed E-state index contributed by atoms with van der Waals surface area (Å²) >= 11 is 1.55. The Labute approximate surface area is 81.8 Å². The molecule has 0 saturated heterocycles. The van der Waals surface area contributed by atoms with Gasteiger partial charge in [-0.25, -0.2) is 0 Å². The number of hydrogen-bond donors (Lipinski definition) is 0. The first-order valence-corrected chi connectivity index (χ1v) is 4.76. The summed E-state index contributed by atoms with van der Waals surface area (Å²) in [5.41, 5.74) is 8.32. The van der Waals surface area contributed by atoms with Gasteiger partial charge in [-0.3, -0.25) is 0 Å². The van der Waals surface area contributed by atoms with Gasteiger partial charge >= 0.3 is 0 Å². The number of azide groups is 1. The molecule has 0 spiro atoms. The van der Waals surface area contributed by atoms with E-state index in [0.717, 1.165) is 4.90 Å². The van der Waals surface area contributed by atoms with Crippen LogP contribution in [0, 0.1) is 0 Å². The first-order chi connectivity index (χ1) is 6.14. The van der Waals surface area contributed by atoms with Gasteiger partial charge in [0.2, 0.25) is 0 Å². The highest BCUT2D eigenvalue weighted by molar-refractivity contribution is 8.00. The van der Waals surface area contributed by atoms with Crippen molar-refractivity contribution in [2.24, 2.45) is 5.11 Å². The Morgan fingerprint density at radius 3 is 2.46 bits per heavy atom. The molecule has 0 amide bonds. The van der Waals surface area contributed by atoms with Crippen molar-refractivity contribution in [1.82, 2.24) is 0 Å². The fourth-order valence-corrected chi connectivity index (χ4v) is 1.85. The van der Waals surface area contributed by atoms with E-state index in [1.54, 1.807) is 11.8 Å². The molecule has 1 rings (SSSR count). The first-order valence-electron chi connectivity index (χ1n) is 3.94. The smallest absolute Gasteiger partial charge is 0.0934 e. The molecule has 13 heavy (non-hydrogen) atoms. The monoisotopic (exact) mass is 193 g/mol. The van der Waals surface area contributed by atoms with Crippen molar-refractivity contribution in [3.05, 3.63) is 40.8 Å². The number of thioether (sulfide) groups is 1. The van der Waals surface area contributed by atoms with Crippen LogP contribution in [0.2, 0.25) is 0 Å². The van der Waals surface area contributed by atoms with Crippen LogP contribution in [-0.4, -0.2) is 4.87 Å². The van der Waals surface area contributed by atoms with Crippen LogP contribution in [0.5, 0.6) is 0 Å². The van der Waals surface area contributed by atoms with Crippen LogP contribution < -0.4 is 0 Å². The van der Waals surface area contributed by atoms with Gasteiger partial charge in [0.25, 0.3) is 0 Å². The molecule has 0 bridgehead atoms. The van der Waals surface area contributed by atoms with Gasteiger partial charge in [-0.15, -0.1) is 11.8 Å². The highest BCUT2D eigenvalue weighted by atomic mass is 32.2. The lowest BCUT2D eigenvalue weighted by atomic mass is 10.4. The summed E-state index contributed by atoms with van der Waals surface area (Å²) in [6.45, 7) is 3.79. The summed E-state index contributed by atoms with van der Waals surface area (Å²) in [4.78, 5) is 3.50. The van der Waals surface area contributed by atoms with Crippen LogP contribution in [0.3, 0.4) is 0 Å². The summed E-state index contributed by atoms with van der Waals surface area (Å²) in [7, 11) is 0. The van der Waals surface area contributed by atoms with Gasteiger partial charge in [-0.05, 0) is 31.5 Å². The molecule has 0 aliphatic carbocycles. The van der Waals surface area contributed by atoms with Gasteiger partial charge in [-0.2, -0.15) is 0 Å². The number of benzene rings is 1. The first kappa shape index (κ1) is 9.96. The van der Waals surface area contributed by atoms with Crippen LogP contribution in [0.1, 0.15) is 13.8 Å². The molecule has 1 aromatic rings. The second kappa shape index (κ2) is 4.21. The van der Waals surface area contributed by atoms with Crippen molar-refractivity contribution in [2.75, 3.05) is 0 Å². The van der Waals surface area contributed by atoms with E-state index >= 15 is 0 Å². The fourth-order valence-electron chi connectivity index (χ4n) is 0.905. The maximum absolute atomic E-state index is 8.32. The summed E-state index contributed by atoms with van der Waals surface area (Å²) in [6.07, 6.45) is 0. The molecule has 0 unspecified atom stereocenters. The van der Waals surface area contributed by atoms with Gasteiger partial charge in [0.15, 0.2) is 0 Å². The molecular weight excluding hydrogens is 182 g/mol. The number of rotatable bonds is 3. The SMILES string of the molecule is CC(C)(N=[N+]=[N-])Sc1ccccc1. The van der Waals surface area contributed by atoms with E-state index in [2.05, 4.69) is 10.0 Å². The van der Waals surface area contributed by atoms with Gasteiger partial charge in [0, 0.05) is 9.81 Å². The maximum atomic E-state index is 8.32. The van der Waals surface area contributed by atoms with Crippen molar-refractivity contribution in [2.45, 2.75) is 23.6 Å². The minimum atomic E-state index is -0.421. The van der Waals surface area contributed by atoms with Crippen LogP contribution >= 0.6 is 11.8 Å². The van der Waals surface area contributed by atoms with Crippen LogP contribution in [0.15, 0.2) is 40.3 Å². The zero-order valence-corrected chi connectivity index (χ0v) is 8.45. The maximum Gasteiger partial charge on any atom is 0.0934 e. The molecule has 4 heteroatoms. The molecule has 0 saturated carbocycles. The van der Waals surface area contributed by atoms with Gasteiger partial charge < -0.3 is 0 Å². The van der Waals surface area contributed by atoms with E-state index in [1.165, 1.54) is 0 Å². The topological polar surface area (TPSA) is 48.8 Å². The summed E-state index contributed by atoms with van der Waals surface area (Å²) in [5.74, 6) is 0.